The predicted molar refractivity (Wildman–Crippen MR) is 87.4 cm³/mol. The number of pyridine rings is 1. The summed E-state index contributed by atoms with van der Waals surface area (Å²) in [7, 11) is 0. The average Bonchev–Trinajstić information content (AvgIpc) is 2.82. The Labute approximate surface area is 127 Å². The van der Waals surface area contributed by atoms with E-state index in [1.165, 1.54) is 44.2 Å². The lowest BCUT2D eigenvalue weighted by Gasteiger charge is -2.29. The fraction of sp³-hybridized carbons (Fsp3) is 0.611. The molecule has 2 heterocycles. The van der Waals surface area contributed by atoms with E-state index in [9.17, 15) is 0 Å². The third-order valence-electron chi connectivity index (χ3n) is 4.93. The molecular weight excluding hydrogens is 258 g/mol. The summed E-state index contributed by atoms with van der Waals surface area (Å²) in [4.78, 5) is 4.64. The monoisotopic (exact) mass is 285 g/mol. The van der Waals surface area contributed by atoms with Crippen molar-refractivity contribution < 1.29 is 0 Å². The quantitative estimate of drug-likeness (QED) is 0.896. The van der Waals surface area contributed by atoms with E-state index in [4.69, 9.17) is 0 Å². The van der Waals surface area contributed by atoms with Gasteiger partial charge in [0.25, 0.3) is 0 Å². The van der Waals surface area contributed by atoms with Crippen LogP contribution in [-0.4, -0.2) is 15.4 Å². The van der Waals surface area contributed by atoms with E-state index in [-0.39, 0.29) is 0 Å². The Kier molecular flexibility index (Phi) is 4.59. The van der Waals surface area contributed by atoms with Crippen LogP contribution in [0, 0.1) is 12.8 Å². The second-order valence-corrected chi connectivity index (χ2v) is 6.46. The highest BCUT2D eigenvalue weighted by Gasteiger charge is 2.20. The number of fused-ring (bicyclic) bond motifs is 1. The highest BCUT2D eigenvalue weighted by Crippen LogP contribution is 2.28. The van der Waals surface area contributed by atoms with Crippen LogP contribution >= 0.6 is 0 Å². The van der Waals surface area contributed by atoms with E-state index in [1.807, 2.05) is 6.07 Å². The SMILES string of the molecule is CCCC1CCC(NCc2c(C)nc3ccccn23)CC1. The summed E-state index contributed by atoms with van der Waals surface area (Å²) in [6.07, 6.45) is 10.3. The lowest BCUT2D eigenvalue weighted by Crippen LogP contribution is -2.33. The van der Waals surface area contributed by atoms with Crippen molar-refractivity contribution in [2.45, 2.75) is 65.0 Å². The minimum absolute atomic E-state index is 0.687. The molecule has 21 heavy (non-hydrogen) atoms. The summed E-state index contributed by atoms with van der Waals surface area (Å²) in [5, 5.41) is 3.76. The molecule has 1 N–H and O–H groups in total. The van der Waals surface area contributed by atoms with Gasteiger partial charge in [0.2, 0.25) is 0 Å². The van der Waals surface area contributed by atoms with Gasteiger partial charge in [-0.3, -0.25) is 0 Å². The maximum atomic E-state index is 4.64. The van der Waals surface area contributed by atoms with Gasteiger partial charge in [0.05, 0.1) is 11.4 Å². The smallest absolute Gasteiger partial charge is 0.137 e. The number of hydrogen-bond donors (Lipinski definition) is 1. The van der Waals surface area contributed by atoms with Crippen LogP contribution in [-0.2, 0) is 6.54 Å². The van der Waals surface area contributed by atoms with Gasteiger partial charge in [0.1, 0.15) is 5.65 Å². The number of nitrogens with zero attached hydrogens (tertiary/aromatic N) is 2. The van der Waals surface area contributed by atoms with Crippen LogP contribution in [0.5, 0.6) is 0 Å². The molecule has 0 radical (unpaired) electrons. The topological polar surface area (TPSA) is 29.3 Å². The van der Waals surface area contributed by atoms with Gasteiger partial charge in [0.15, 0.2) is 0 Å². The average molecular weight is 285 g/mol. The van der Waals surface area contributed by atoms with Gasteiger partial charge in [0, 0.05) is 18.8 Å². The molecule has 3 rings (SSSR count). The molecule has 2 aromatic rings. The lowest BCUT2D eigenvalue weighted by atomic mass is 9.83. The maximum Gasteiger partial charge on any atom is 0.137 e. The van der Waals surface area contributed by atoms with Crippen LogP contribution in [0.4, 0.5) is 0 Å². The van der Waals surface area contributed by atoms with Gasteiger partial charge in [-0.15, -0.1) is 0 Å². The molecule has 0 aromatic carbocycles. The molecule has 0 saturated heterocycles. The molecule has 114 valence electrons. The molecule has 2 aromatic heterocycles. The van der Waals surface area contributed by atoms with Crippen molar-refractivity contribution in [1.29, 1.82) is 0 Å². The van der Waals surface area contributed by atoms with Crippen LogP contribution in [0.1, 0.15) is 56.8 Å². The molecule has 0 bridgehead atoms. The van der Waals surface area contributed by atoms with Crippen LogP contribution in [0.3, 0.4) is 0 Å². The van der Waals surface area contributed by atoms with E-state index >= 15 is 0 Å². The molecule has 1 aliphatic rings. The third-order valence-corrected chi connectivity index (χ3v) is 4.93. The van der Waals surface area contributed by atoms with Crippen molar-refractivity contribution >= 4 is 5.65 Å². The van der Waals surface area contributed by atoms with E-state index < -0.39 is 0 Å². The second-order valence-electron chi connectivity index (χ2n) is 6.46. The van der Waals surface area contributed by atoms with Gasteiger partial charge in [-0.1, -0.05) is 25.8 Å². The van der Waals surface area contributed by atoms with Gasteiger partial charge in [-0.2, -0.15) is 0 Å². The fourth-order valence-corrected chi connectivity index (χ4v) is 3.68. The molecule has 0 atom stereocenters. The molecule has 1 fully saturated rings. The van der Waals surface area contributed by atoms with Crippen LogP contribution in [0.2, 0.25) is 0 Å². The Balaban J connectivity index is 1.59. The molecular formula is C18H27N3. The van der Waals surface area contributed by atoms with E-state index in [2.05, 4.69) is 46.9 Å². The van der Waals surface area contributed by atoms with Gasteiger partial charge < -0.3 is 9.72 Å². The summed E-state index contributed by atoms with van der Waals surface area (Å²) < 4.78 is 2.21. The molecule has 0 aliphatic heterocycles. The second kappa shape index (κ2) is 6.61. The zero-order valence-electron chi connectivity index (χ0n) is 13.3. The Morgan fingerprint density at radius 2 is 2.05 bits per heavy atom. The standard InChI is InChI=1S/C18H27N3/c1-3-6-15-8-10-16(11-9-15)19-13-17-14(2)20-18-7-4-5-12-21(17)18/h4-5,7,12,15-16,19H,3,6,8-11,13H2,1-2H3. The van der Waals surface area contributed by atoms with Crippen LogP contribution in [0.25, 0.3) is 5.65 Å². The minimum atomic E-state index is 0.687. The molecule has 0 spiro atoms. The highest BCUT2D eigenvalue weighted by atomic mass is 15.0. The Morgan fingerprint density at radius 3 is 2.81 bits per heavy atom. The summed E-state index contributed by atoms with van der Waals surface area (Å²) in [6, 6.07) is 6.89. The highest BCUT2D eigenvalue weighted by molar-refractivity contribution is 5.42. The van der Waals surface area contributed by atoms with Crippen LogP contribution < -0.4 is 5.32 Å². The predicted octanol–water partition coefficient (Wildman–Crippen LogP) is 4.09. The number of aromatic nitrogens is 2. The number of imidazole rings is 1. The first-order valence-electron chi connectivity index (χ1n) is 8.44. The molecule has 0 amide bonds. The van der Waals surface area contributed by atoms with Gasteiger partial charge in [-0.05, 0) is 50.7 Å². The lowest BCUT2D eigenvalue weighted by molar-refractivity contribution is 0.277. The van der Waals surface area contributed by atoms with E-state index in [0.29, 0.717) is 6.04 Å². The largest absolute Gasteiger partial charge is 0.308 e. The Hall–Kier alpha value is -1.35. The zero-order valence-corrected chi connectivity index (χ0v) is 13.3. The summed E-state index contributed by atoms with van der Waals surface area (Å²) in [6.45, 7) is 5.35. The number of aryl methyl sites for hydroxylation is 1. The number of rotatable bonds is 5. The number of hydrogen-bond acceptors (Lipinski definition) is 2. The zero-order chi connectivity index (χ0) is 14.7. The third kappa shape index (κ3) is 3.29. The summed E-state index contributed by atoms with van der Waals surface area (Å²) in [5.74, 6) is 0.977. The molecule has 0 unspecified atom stereocenters. The first kappa shape index (κ1) is 14.6. The first-order valence-corrected chi connectivity index (χ1v) is 8.44. The minimum Gasteiger partial charge on any atom is -0.308 e. The van der Waals surface area contributed by atoms with Crippen molar-refractivity contribution in [2.24, 2.45) is 5.92 Å². The van der Waals surface area contributed by atoms with Crippen molar-refractivity contribution in [2.75, 3.05) is 0 Å². The normalized spacial score (nSPS) is 22.8. The van der Waals surface area contributed by atoms with Crippen molar-refractivity contribution in [3.05, 3.63) is 35.8 Å². The Bertz CT molecular complexity index is 579. The Morgan fingerprint density at radius 1 is 1.24 bits per heavy atom. The van der Waals surface area contributed by atoms with Crippen molar-refractivity contribution in [3.63, 3.8) is 0 Å². The van der Waals surface area contributed by atoms with Crippen LogP contribution in [0.15, 0.2) is 24.4 Å². The summed E-state index contributed by atoms with van der Waals surface area (Å²) in [5.41, 5.74) is 3.51. The molecule has 3 heteroatoms. The van der Waals surface area contributed by atoms with Gasteiger partial charge >= 0.3 is 0 Å². The summed E-state index contributed by atoms with van der Waals surface area (Å²) >= 11 is 0. The fourth-order valence-electron chi connectivity index (χ4n) is 3.68. The van der Waals surface area contributed by atoms with Gasteiger partial charge in [-0.25, -0.2) is 4.98 Å². The van der Waals surface area contributed by atoms with Crippen molar-refractivity contribution in [1.82, 2.24) is 14.7 Å². The first-order chi connectivity index (χ1) is 10.3. The molecule has 1 saturated carbocycles. The molecule has 3 nitrogen and oxygen atoms in total. The van der Waals surface area contributed by atoms with E-state index in [0.717, 1.165) is 23.8 Å². The molecule has 1 aliphatic carbocycles. The maximum absolute atomic E-state index is 4.64. The van der Waals surface area contributed by atoms with E-state index in [1.54, 1.807) is 0 Å². The van der Waals surface area contributed by atoms with Crippen molar-refractivity contribution in [3.8, 4) is 0 Å². The number of nitrogens with one attached hydrogen (secondary N) is 1.